The van der Waals surface area contributed by atoms with Crippen molar-refractivity contribution in [1.29, 1.82) is 0 Å². The SMILES string of the molecule is CC(C)C(C)(C)CNc1cc(OC(F)F)c(F)cc1N. The van der Waals surface area contributed by atoms with Gasteiger partial charge in [0, 0.05) is 18.7 Å². The van der Waals surface area contributed by atoms with Crippen LogP contribution < -0.4 is 15.8 Å². The minimum absolute atomic E-state index is 0.0233. The van der Waals surface area contributed by atoms with Crippen LogP contribution >= 0.6 is 0 Å². The van der Waals surface area contributed by atoms with Crippen molar-refractivity contribution in [2.75, 3.05) is 17.6 Å². The van der Waals surface area contributed by atoms with Crippen molar-refractivity contribution >= 4 is 11.4 Å². The van der Waals surface area contributed by atoms with E-state index in [0.29, 0.717) is 18.2 Å². The lowest BCUT2D eigenvalue weighted by atomic mass is 9.81. The number of anilines is 2. The van der Waals surface area contributed by atoms with Crippen LogP contribution in [0.2, 0.25) is 0 Å². The Kier molecular flexibility index (Phi) is 5.14. The molecule has 0 fully saturated rings. The van der Waals surface area contributed by atoms with Crippen LogP contribution in [0.3, 0.4) is 0 Å². The van der Waals surface area contributed by atoms with Crippen molar-refractivity contribution in [2.45, 2.75) is 34.3 Å². The minimum atomic E-state index is -3.08. The summed E-state index contributed by atoms with van der Waals surface area (Å²) in [5, 5.41) is 3.06. The maximum Gasteiger partial charge on any atom is 0.387 e. The lowest BCUT2D eigenvalue weighted by Gasteiger charge is -2.30. The number of nitrogens with two attached hydrogens (primary N) is 1. The Hall–Kier alpha value is -1.59. The second kappa shape index (κ2) is 6.24. The fourth-order valence-electron chi connectivity index (χ4n) is 1.44. The van der Waals surface area contributed by atoms with E-state index in [9.17, 15) is 13.2 Å². The first-order valence-corrected chi connectivity index (χ1v) is 6.41. The topological polar surface area (TPSA) is 47.3 Å². The van der Waals surface area contributed by atoms with Crippen molar-refractivity contribution in [1.82, 2.24) is 0 Å². The number of nitrogen functional groups attached to an aromatic ring is 1. The van der Waals surface area contributed by atoms with Crippen molar-refractivity contribution < 1.29 is 17.9 Å². The fraction of sp³-hybridized carbons (Fsp3) is 0.571. The van der Waals surface area contributed by atoms with Gasteiger partial charge in [0.2, 0.25) is 0 Å². The number of benzene rings is 1. The Morgan fingerprint density at radius 3 is 2.40 bits per heavy atom. The van der Waals surface area contributed by atoms with Gasteiger partial charge in [0.05, 0.1) is 11.4 Å². The zero-order chi connectivity index (χ0) is 15.5. The Morgan fingerprint density at radius 1 is 1.30 bits per heavy atom. The van der Waals surface area contributed by atoms with Gasteiger partial charge in [-0.25, -0.2) is 4.39 Å². The third kappa shape index (κ3) is 4.21. The lowest BCUT2D eigenvalue weighted by Crippen LogP contribution is -2.28. The first-order chi connectivity index (χ1) is 9.13. The molecule has 0 saturated carbocycles. The zero-order valence-electron chi connectivity index (χ0n) is 12.1. The number of halogens is 3. The molecular weight excluding hydrogens is 269 g/mol. The highest BCUT2D eigenvalue weighted by Gasteiger charge is 2.22. The molecule has 1 aromatic rings. The van der Waals surface area contributed by atoms with Gasteiger partial charge in [0.15, 0.2) is 11.6 Å². The molecule has 0 aliphatic heterocycles. The molecule has 0 spiro atoms. The van der Waals surface area contributed by atoms with Crippen LogP contribution in [0.5, 0.6) is 5.75 Å². The first kappa shape index (κ1) is 16.5. The number of nitrogens with one attached hydrogen (secondary N) is 1. The van der Waals surface area contributed by atoms with E-state index in [-0.39, 0.29) is 11.1 Å². The maximum atomic E-state index is 13.4. The molecule has 0 saturated heterocycles. The standard InChI is InChI=1S/C14H21F3N2O/c1-8(2)14(3,4)7-19-11-6-12(20-13(16)17)9(15)5-10(11)18/h5-6,8,13,19H,7,18H2,1-4H3. The zero-order valence-corrected chi connectivity index (χ0v) is 12.1. The average molecular weight is 290 g/mol. The van der Waals surface area contributed by atoms with Gasteiger partial charge in [-0.05, 0) is 11.3 Å². The van der Waals surface area contributed by atoms with Gasteiger partial charge in [0.25, 0.3) is 0 Å². The van der Waals surface area contributed by atoms with Crippen molar-refractivity contribution in [3.63, 3.8) is 0 Å². The Balaban J connectivity index is 2.90. The molecule has 0 aliphatic carbocycles. The third-order valence-electron chi connectivity index (χ3n) is 3.62. The van der Waals surface area contributed by atoms with Gasteiger partial charge in [0.1, 0.15) is 0 Å². The Bertz CT molecular complexity index is 462. The maximum absolute atomic E-state index is 13.4. The van der Waals surface area contributed by atoms with Gasteiger partial charge in [-0.15, -0.1) is 0 Å². The predicted octanol–water partition coefficient (Wildman–Crippen LogP) is 4.10. The highest BCUT2D eigenvalue weighted by molar-refractivity contribution is 5.68. The molecule has 0 aromatic heterocycles. The second-order valence-electron chi connectivity index (χ2n) is 5.75. The summed E-state index contributed by atoms with van der Waals surface area (Å²) in [5.74, 6) is -1.01. The average Bonchev–Trinajstić information content (AvgIpc) is 2.30. The number of hydrogen-bond acceptors (Lipinski definition) is 3. The number of hydrogen-bond donors (Lipinski definition) is 2. The van der Waals surface area contributed by atoms with Gasteiger partial charge >= 0.3 is 6.61 Å². The smallest absolute Gasteiger partial charge is 0.387 e. The Morgan fingerprint density at radius 2 is 1.90 bits per heavy atom. The molecule has 20 heavy (non-hydrogen) atoms. The van der Waals surface area contributed by atoms with E-state index >= 15 is 0 Å². The first-order valence-electron chi connectivity index (χ1n) is 6.41. The van der Waals surface area contributed by atoms with E-state index in [1.54, 1.807) is 0 Å². The van der Waals surface area contributed by atoms with E-state index in [1.165, 1.54) is 0 Å². The summed E-state index contributed by atoms with van der Waals surface area (Å²) in [6.07, 6.45) is 0. The molecule has 1 aromatic carbocycles. The normalized spacial score (nSPS) is 12.1. The summed E-state index contributed by atoms with van der Waals surface area (Å²) in [4.78, 5) is 0. The molecule has 0 unspecified atom stereocenters. The highest BCUT2D eigenvalue weighted by Crippen LogP contribution is 2.32. The molecule has 114 valence electrons. The van der Waals surface area contributed by atoms with Crippen LogP contribution in [0.25, 0.3) is 0 Å². The van der Waals surface area contributed by atoms with E-state index < -0.39 is 18.2 Å². The molecule has 0 bridgehead atoms. The Labute approximate surface area is 117 Å². The number of alkyl halides is 2. The van der Waals surface area contributed by atoms with Crippen molar-refractivity contribution in [3.05, 3.63) is 17.9 Å². The monoisotopic (exact) mass is 290 g/mol. The van der Waals surface area contributed by atoms with E-state index in [2.05, 4.69) is 37.7 Å². The van der Waals surface area contributed by atoms with Gasteiger partial charge < -0.3 is 15.8 Å². The highest BCUT2D eigenvalue weighted by atomic mass is 19.3. The minimum Gasteiger partial charge on any atom is -0.432 e. The van der Waals surface area contributed by atoms with Crippen LogP contribution in [0, 0.1) is 17.2 Å². The molecule has 0 heterocycles. The molecule has 3 N–H and O–H groups in total. The summed E-state index contributed by atoms with van der Waals surface area (Å²) in [5.41, 5.74) is 6.20. The number of rotatable bonds is 6. The van der Waals surface area contributed by atoms with E-state index in [0.717, 1.165) is 12.1 Å². The third-order valence-corrected chi connectivity index (χ3v) is 3.62. The summed E-state index contributed by atoms with van der Waals surface area (Å²) in [7, 11) is 0. The van der Waals surface area contributed by atoms with E-state index in [1.807, 2.05) is 0 Å². The fourth-order valence-corrected chi connectivity index (χ4v) is 1.44. The van der Waals surface area contributed by atoms with Crippen LogP contribution in [0.1, 0.15) is 27.7 Å². The van der Waals surface area contributed by atoms with Crippen LogP contribution in [0.15, 0.2) is 12.1 Å². The van der Waals surface area contributed by atoms with Gasteiger partial charge in [-0.3, -0.25) is 0 Å². The molecule has 0 radical (unpaired) electrons. The van der Waals surface area contributed by atoms with Crippen LogP contribution in [-0.4, -0.2) is 13.2 Å². The summed E-state index contributed by atoms with van der Waals surface area (Å²) in [6, 6.07) is 2.13. The van der Waals surface area contributed by atoms with Crippen LogP contribution in [-0.2, 0) is 0 Å². The van der Waals surface area contributed by atoms with Gasteiger partial charge in [-0.1, -0.05) is 27.7 Å². The van der Waals surface area contributed by atoms with Crippen molar-refractivity contribution in [3.8, 4) is 5.75 Å². The quantitative estimate of drug-likeness (QED) is 0.775. The number of ether oxygens (including phenoxy) is 1. The largest absolute Gasteiger partial charge is 0.432 e. The molecule has 1 rings (SSSR count). The molecule has 0 amide bonds. The molecule has 3 nitrogen and oxygen atoms in total. The molecule has 0 aliphatic rings. The molecule has 6 heteroatoms. The molecule has 0 atom stereocenters. The summed E-state index contributed by atoms with van der Waals surface area (Å²) in [6.45, 7) is 5.81. The van der Waals surface area contributed by atoms with Crippen molar-refractivity contribution in [2.24, 2.45) is 11.3 Å². The predicted molar refractivity (Wildman–Crippen MR) is 74.6 cm³/mol. The van der Waals surface area contributed by atoms with Gasteiger partial charge in [-0.2, -0.15) is 8.78 Å². The summed E-state index contributed by atoms with van der Waals surface area (Å²) < 4.78 is 41.9. The van der Waals surface area contributed by atoms with E-state index in [4.69, 9.17) is 5.73 Å². The second-order valence-corrected chi connectivity index (χ2v) is 5.75. The lowest BCUT2D eigenvalue weighted by molar-refractivity contribution is -0.0521. The summed E-state index contributed by atoms with van der Waals surface area (Å²) >= 11 is 0. The molecular formula is C14H21F3N2O. The van der Waals surface area contributed by atoms with Crippen LogP contribution in [0.4, 0.5) is 24.5 Å².